The van der Waals surface area contributed by atoms with Gasteiger partial charge in [-0.25, -0.2) is 0 Å². The molecule has 0 rings (SSSR count). The van der Waals surface area contributed by atoms with Crippen LogP contribution in [0.25, 0.3) is 0 Å². The van der Waals surface area contributed by atoms with Crippen molar-refractivity contribution in [2.75, 3.05) is 45.4 Å². The third-order valence-electron chi connectivity index (χ3n) is 1.89. The number of amides is 2. The number of rotatable bonds is 9. The number of likely N-dealkylation sites (N-methyl/N-ethyl adjacent to an activating group) is 1. The first kappa shape index (κ1) is 16.7. The normalized spacial score (nSPS) is 9.89. The van der Waals surface area contributed by atoms with Crippen LogP contribution in [0, 0.1) is 0 Å². The molecule has 2 amide bonds. The Morgan fingerprint density at radius 3 is 2.56 bits per heavy atom. The molecule has 0 saturated heterocycles. The number of methoxy groups -OCH3 is 1. The minimum Gasteiger partial charge on any atom is -0.481 e. The van der Waals surface area contributed by atoms with Gasteiger partial charge in [-0.1, -0.05) is 0 Å². The van der Waals surface area contributed by atoms with E-state index in [0.717, 1.165) is 11.8 Å². The second-order valence-electron chi connectivity index (χ2n) is 3.48. The van der Waals surface area contributed by atoms with Crippen molar-refractivity contribution >= 4 is 29.5 Å². The van der Waals surface area contributed by atoms with Crippen LogP contribution in [0.15, 0.2) is 0 Å². The molecule has 0 heterocycles. The third-order valence-corrected chi connectivity index (χ3v) is 2.79. The first-order valence-electron chi connectivity index (χ1n) is 5.26. The van der Waals surface area contributed by atoms with E-state index in [-0.39, 0.29) is 29.9 Å². The summed E-state index contributed by atoms with van der Waals surface area (Å²) in [6.45, 7) is 0.763. The highest BCUT2D eigenvalue weighted by Gasteiger charge is 2.13. The summed E-state index contributed by atoms with van der Waals surface area (Å²) in [4.78, 5) is 34.4. The van der Waals surface area contributed by atoms with Crippen LogP contribution in [0.5, 0.6) is 0 Å². The molecular formula is C10H18N2O5S. The standard InChI is InChI=1S/C10H18N2O5S/c1-12(5-8(13)11-3-4-17-2)9(14)6-18-7-10(15)16/h3-7H2,1-2H3,(H,11,13)(H,15,16). The summed E-state index contributed by atoms with van der Waals surface area (Å²) in [6.07, 6.45) is 0. The number of carbonyl (C=O) groups is 3. The molecule has 0 aromatic carbocycles. The minimum atomic E-state index is -0.965. The van der Waals surface area contributed by atoms with Crippen LogP contribution < -0.4 is 5.32 Å². The van der Waals surface area contributed by atoms with E-state index in [1.807, 2.05) is 0 Å². The summed E-state index contributed by atoms with van der Waals surface area (Å²) in [6, 6.07) is 0. The van der Waals surface area contributed by atoms with E-state index in [1.54, 1.807) is 0 Å². The number of hydrogen-bond donors (Lipinski definition) is 2. The number of carboxylic acids is 1. The highest BCUT2D eigenvalue weighted by molar-refractivity contribution is 8.00. The summed E-state index contributed by atoms with van der Waals surface area (Å²) in [5, 5.41) is 11.0. The van der Waals surface area contributed by atoms with Crippen molar-refractivity contribution in [1.29, 1.82) is 0 Å². The second-order valence-corrected chi connectivity index (χ2v) is 4.46. The van der Waals surface area contributed by atoms with Crippen LogP contribution in [-0.2, 0) is 19.1 Å². The van der Waals surface area contributed by atoms with Gasteiger partial charge in [-0.15, -0.1) is 11.8 Å². The zero-order chi connectivity index (χ0) is 14.0. The molecular weight excluding hydrogens is 260 g/mol. The van der Waals surface area contributed by atoms with Gasteiger partial charge in [-0.05, 0) is 0 Å². The van der Waals surface area contributed by atoms with Crippen molar-refractivity contribution in [2.45, 2.75) is 0 Å². The molecule has 18 heavy (non-hydrogen) atoms. The van der Waals surface area contributed by atoms with Crippen molar-refractivity contribution in [2.24, 2.45) is 0 Å². The van der Waals surface area contributed by atoms with Gasteiger partial charge in [0.2, 0.25) is 11.8 Å². The number of nitrogens with zero attached hydrogens (tertiary/aromatic N) is 1. The molecule has 104 valence electrons. The number of carboxylic acid groups (broad SMARTS) is 1. The van der Waals surface area contributed by atoms with Crippen LogP contribution in [0.3, 0.4) is 0 Å². The fraction of sp³-hybridized carbons (Fsp3) is 0.700. The van der Waals surface area contributed by atoms with Crippen molar-refractivity contribution in [3.05, 3.63) is 0 Å². The predicted octanol–water partition coefficient (Wildman–Crippen LogP) is -0.975. The van der Waals surface area contributed by atoms with Gasteiger partial charge in [0, 0.05) is 20.7 Å². The largest absolute Gasteiger partial charge is 0.481 e. The number of nitrogens with one attached hydrogen (secondary N) is 1. The van der Waals surface area contributed by atoms with Crippen molar-refractivity contribution in [3.8, 4) is 0 Å². The summed E-state index contributed by atoms with van der Waals surface area (Å²) in [5.41, 5.74) is 0. The highest BCUT2D eigenvalue weighted by atomic mass is 32.2. The van der Waals surface area contributed by atoms with Crippen molar-refractivity contribution in [3.63, 3.8) is 0 Å². The molecule has 0 aromatic rings. The number of thioether (sulfide) groups is 1. The molecule has 0 saturated carbocycles. The molecule has 0 spiro atoms. The minimum absolute atomic E-state index is 0.0455. The van der Waals surface area contributed by atoms with E-state index in [4.69, 9.17) is 9.84 Å². The number of aliphatic carboxylic acids is 1. The molecule has 0 unspecified atom stereocenters. The fourth-order valence-corrected chi connectivity index (χ4v) is 1.66. The van der Waals surface area contributed by atoms with Crippen LogP contribution in [0.2, 0.25) is 0 Å². The number of hydrogen-bond acceptors (Lipinski definition) is 5. The Morgan fingerprint density at radius 2 is 2.00 bits per heavy atom. The molecule has 0 aliphatic rings. The molecule has 8 heteroatoms. The van der Waals surface area contributed by atoms with E-state index in [1.165, 1.54) is 19.1 Å². The second kappa shape index (κ2) is 9.72. The predicted molar refractivity (Wildman–Crippen MR) is 67.5 cm³/mol. The Bertz CT molecular complexity index is 298. The molecule has 0 aliphatic carbocycles. The zero-order valence-electron chi connectivity index (χ0n) is 10.5. The van der Waals surface area contributed by atoms with Gasteiger partial charge in [-0.2, -0.15) is 0 Å². The fourth-order valence-electron chi connectivity index (χ4n) is 0.988. The zero-order valence-corrected chi connectivity index (χ0v) is 11.3. The Labute approximate surface area is 110 Å². The summed E-state index contributed by atoms with van der Waals surface area (Å²) >= 11 is 1.00. The maximum absolute atomic E-state index is 11.5. The molecule has 0 aliphatic heterocycles. The molecule has 0 radical (unpaired) electrons. The van der Waals surface area contributed by atoms with Gasteiger partial charge >= 0.3 is 5.97 Å². The van der Waals surface area contributed by atoms with Gasteiger partial charge in [0.25, 0.3) is 0 Å². The monoisotopic (exact) mass is 278 g/mol. The van der Waals surface area contributed by atoms with Crippen LogP contribution >= 0.6 is 11.8 Å². The first-order valence-corrected chi connectivity index (χ1v) is 6.42. The maximum atomic E-state index is 11.5. The SMILES string of the molecule is COCCNC(=O)CN(C)C(=O)CSCC(=O)O. The Hall–Kier alpha value is -1.28. The van der Waals surface area contributed by atoms with Gasteiger partial charge in [0.05, 0.1) is 24.7 Å². The quantitative estimate of drug-likeness (QED) is 0.527. The van der Waals surface area contributed by atoms with Crippen molar-refractivity contribution < 1.29 is 24.2 Å². The lowest BCUT2D eigenvalue weighted by atomic mass is 10.5. The van der Waals surface area contributed by atoms with E-state index in [0.29, 0.717) is 13.2 Å². The van der Waals surface area contributed by atoms with Crippen molar-refractivity contribution in [1.82, 2.24) is 10.2 Å². The van der Waals surface area contributed by atoms with E-state index >= 15 is 0 Å². The lowest BCUT2D eigenvalue weighted by Gasteiger charge is -2.16. The summed E-state index contributed by atoms with van der Waals surface area (Å²) in [5.74, 6) is -1.59. The molecule has 0 bridgehead atoms. The summed E-state index contributed by atoms with van der Waals surface area (Å²) < 4.78 is 4.77. The molecule has 7 nitrogen and oxygen atoms in total. The molecule has 0 atom stereocenters. The smallest absolute Gasteiger partial charge is 0.313 e. The maximum Gasteiger partial charge on any atom is 0.313 e. The number of carbonyl (C=O) groups excluding carboxylic acids is 2. The Morgan fingerprint density at radius 1 is 1.33 bits per heavy atom. The van der Waals surface area contributed by atoms with Crippen LogP contribution in [0.1, 0.15) is 0 Å². The van der Waals surface area contributed by atoms with E-state index in [2.05, 4.69) is 5.32 Å². The third kappa shape index (κ3) is 8.82. The highest BCUT2D eigenvalue weighted by Crippen LogP contribution is 2.01. The number of ether oxygens (including phenoxy) is 1. The van der Waals surface area contributed by atoms with E-state index < -0.39 is 5.97 Å². The van der Waals surface area contributed by atoms with Gasteiger partial charge < -0.3 is 20.1 Å². The first-order chi connectivity index (χ1) is 8.47. The lowest BCUT2D eigenvalue weighted by Crippen LogP contribution is -2.40. The average molecular weight is 278 g/mol. The molecule has 0 fully saturated rings. The topological polar surface area (TPSA) is 95.9 Å². The van der Waals surface area contributed by atoms with Crippen LogP contribution in [0.4, 0.5) is 0 Å². The van der Waals surface area contributed by atoms with E-state index in [9.17, 15) is 14.4 Å². The Kier molecular flexibility index (Phi) is 9.03. The molecule has 0 aromatic heterocycles. The Balaban J connectivity index is 3.78. The average Bonchev–Trinajstić information content (AvgIpc) is 2.28. The lowest BCUT2D eigenvalue weighted by molar-refractivity contribution is -0.134. The van der Waals surface area contributed by atoms with Gasteiger partial charge in [0.15, 0.2) is 0 Å². The van der Waals surface area contributed by atoms with Gasteiger partial charge in [0.1, 0.15) is 0 Å². The summed E-state index contributed by atoms with van der Waals surface area (Å²) in [7, 11) is 3.03. The van der Waals surface area contributed by atoms with Crippen LogP contribution in [-0.4, -0.2) is 73.1 Å². The van der Waals surface area contributed by atoms with Gasteiger partial charge in [-0.3, -0.25) is 14.4 Å². The molecule has 2 N–H and O–H groups in total.